The fraction of sp³-hybridized carbons (Fsp3) is 0.143. The molecule has 3 nitrogen and oxygen atoms in total. The molecule has 1 atom stereocenters. The Morgan fingerprint density at radius 3 is 2.75 bits per heavy atom. The van der Waals surface area contributed by atoms with Crippen LogP contribution in [0.4, 0.5) is 5.69 Å². The smallest absolute Gasteiger partial charge is 0.194 e. The lowest BCUT2D eigenvalue weighted by atomic mass is 9.98. The molecule has 0 N–H and O–H groups in total. The van der Waals surface area contributed by atoms with Gasteiger partial charge >= 0.3 is 0 Å². The van der Waals surface area contributed by atoms with E-state index < -0.39 is 12.7 Å². The molecule has 2 heterocycles. The predicted molar refractivity (Wildman–Crippen MR) is 97.3 cm³/mol. The van der Waals surface area contributed by atoms with Gasteiger partial charge in [-0.25, -0.2) is 4.85 Å². The number of nitrogens with zero attached hydrogens (tertiary/aromatic N) is 2. The van der Waals surface area contributed by atoms with Crippen molar-refractivity contribution in [3.05, 3.63) is 71.7 Å². The Hall–Kier alpha value is -3.12. The highest BCUT2D eigenvalue weighted by molar-refractivity contribution is 6.11. The maximum atomic E-state index is 8.56. The van der Waals surface area contributed by atoms with Crippen LogP contribution in [0.1, 0.15) is 30.7 Å². The zero-order chi connectivity index (χ0) is 20.1. The molecule has 0 aliphatic heterocycles. The Kier molecular flexibility index (Phi) is 2.43. The summed E-state index contributed by atoms with van der Waals surface area (Å²) in [7, 11) is 0. The lowest BCUT2D eigenvalue weighted by Gasteiger charge is -2.08. The highest BCUT2D eigenvalue weighted by atomic mass is 16.3. The maximum Gasteiger partial charge on any atom is 0.194 e. The summed E-state index contributed by atoms with van der Waals surface area (Å²) in [6, 6.07) is 14.5. The van der Waals surface area contributed by atoms with E-state index in [1.165, 1.54) is 6.92 Å². The van der Waals surface area contributed by atoms with E-state index in [1.54, 1.807) is 18.3 Å². The van der Waals surface area contributed by atoms with E-state index in [-0.39, 0.29) is 16.8 Å². The third-order valence-corrected chi connectivity index (χ3v) is 4.08. The zero-order valence-corrected chi connectivity index (χ0v) is 13.0. The van der Waals surface area contributed by atoms with Gasteiger partial charge in [0.15, 0.2) is 5.69 Å². The minimum atomic E-state index is -2.62. The lowest BCUT2D eigenvalue weighted by Crippen LogP contribution is -1.88. The Bertz CT molecular complexity index is 1230. The van der Waals surface area contributed by atoms with Crippen LogP contribution in [0, 0.1) is 6.57 Å². The summed E-state index contributed by atoms with van der Waals surface area (Å²) in [4.78, 5) is 7.84. The normalized spacial score (nSPS) is 16.7. The zero-order valence-electron chi connectivity index (χ0n) is 17.0. The first-order valence-corrected chi connectivity index (χ1v) is 7.53. The van der Waals surface area contributed by atoms with Gasteiger partial charge in [-0.15, -0.1) is 0 Å². The lowest BCUT2D eigenvalue weighted by molar-refractivity contribution is 0.658. The van der Waals surface area contributed by atoms with E-state index >= 15 is 0 Å². The minimum Gasteiger partial charge on any atom is -0.456 e. The van der Waals surface area contributed by atoms with Gasteiger partial charge in [0.05, 0.1) is 12.3 Å². The summed E-state index contributed by atoms with van der Waals surface area (Å²) in [5, 5.41) is 1.47. The van der Waals surface area contributed by atoms with Crippen LogP contribution >= 0.6 is 0 Å². The van der Waals surface area contributed by atoms with Gasteiger partial charge in [-0.3, -0.25) is 4.98 Å². The van der Waals surface area contributed by atoms with Crippen LogP contribution in [0.3, 0.4) is 0 Å². The fourth-order valence-electron chi connectivity index (χ4n) is 3.03. The van der Waals surface area contributed by atoms with Gasteiger partial charge in [-0.1, -0.05) is 44.1 Å². The molecule has 4 aromatic rings. The molecular formula is C21H16N2O. The van der Waals surface area contributed by atoms with E-state index in [9.17, 15) is 0 Å². The number of pyridine rings is 1. The van der Waals surface area contributed by atoms with Gasteiger partial charge in [0.1, 0.15) is 11.2 Å². The Labute approximate surface area is 146 Å². The molecule has 2 aromatic carbocycles. The summed E-state index contributed by atoms with van der Waals surface area (Å²) in [5.74, 6) is -1.99. The van der Waals surface area contributed by atoms with E-state index in [1.807, 2.05) is 36.4 Å². The summed E-state index contributed by atoms with van der Waals surface area (Å²) in [6.07, 6.45) is 1.69. The van der Waals surface area contributed by atoms with Crippen molar-refractivity contribution in [1.82, 2.24) is 4.98 Å². The van der Waals surface area contributed by atoms with Crippen LogP contribution in [0.2, 0.25) is 0 Å². The number of benzene rings is 2. The van der Waals surface area contributed by atoms with Gasteiger partial charge in [0, 0.05) is 33.6 Å². The molecule has 0 saturated heterocycles. The predicted octanol–water partition coefficient (Wildman–Crippen LogP) is 6.32. The Morgan fingerprint density at radius 2 is 2.00 bits per heavy atom. The van der Waals surface area contributed by atoms with E-state index in [0.717, 1.165) is 16.6 Å². The molecule has 0 fully saturated rings. The molecule has 0 amide bonds. The molecule has 0 radical (unpaired) electrons. The van der Waals surface area contributed by atoms with Crippen molar-refractivity contribution in [1.29, 1.82) is 0 Å². The van der Waals surface area contributed by atoms with Gasteiger partial charge in [0.25, 0.3) is 0 Å². The maximum absolute atomic E-state index is 8.56. The first-order chi connectivity index (χ1) is 13.3. The van der Waals surface area contributed by atoms with E-state index in [0.29, 0.717) is 11.0 Å². The van der Waals surface area contributed by atoms with Crippen molar-refractivity contribution in [2.24, 2.45) is 0 Å². The second kappa shape index (κ2) is 5.50. The number of aromatic nitrogens is 1. The minimum absolute atomic E-state index is 0.0863. The second-order valence-electron chi connectivity index (χ2n) is 5.57. The number of hydrogen-bond donors (Lipinski definition) is 0. The number of furan rings is 1. The van der Waals surface area contributed by atoms with Gasteiger partial charge in [-0.05, 0) is 24.1 Å². The van der Waals surface area contributed by atoms with Crippen LogP contribution in [-0.2, 0) is 0 Å². The molecule has 0 bridgehead atoms. The van der Waals surface area contributed by atoms with E-state index in [2.05, 4.69) is 9.83 Å². The summed E-state index contributed by atoms with van der Waals surface area (Å²) >= 11 is 0. The second-order valence-corrected chi connectivity index (χ2v) is 5.57. The molecule has 0 aliphatic carbocycles. The monoisotopic (exact) mass is 316 g/mol. The van der Waals surface area contributed by atoms with Crippen LogP contribution in [0.25, 0.3) is 38.0 Å². The number of rotatable bonds is 2. The third-order valence-electron chi connectivity index (χ3n) is 4.08. The van der Waals surface area contributed by atoms with Crippen molar-refractivity contribution < 1.29 is 9.90 Å². The molecule has 3 heteroatoms. The van der Waals surface area contributed by atoms with Crippen molar-refractivity contribution >= 4 is 27.6 Å². The molecule has 1 unspecified atom stereocenters. The molecule has 0 aliphatic rings. The summed E-state index contributed by atoms with van der Waals surface area (Å²) < 4.78 is 38.2. The van der Waals surface area contributed by atoms with Gasteiger partial charge in [0.2, 0.25) is 0 Å². The Balaban J connectivity index is 2.13. The van der Waals surface area contributed by atoms with Crippen LogP contribution in [0.15, 0.2) is 59.1 Å². The highest BCUT2D eigenvalue weighted by Crippen LogP contribution is 2.41. The molecule has 2 aromatic heterocycles. The van der Waals surface area contributed by atoms with Crippen LogP contribution in [-0.4, -0.2) is 4.98 Å². The highest BCUT2D eigenvalue weighted by Gasteiger charge is 2.19. The van der Waals surface area contributed by atoms with Crippen molar-refractivity contribution in [2.75, 3.05) is 0 Å². The van der Waals surface area contributed by atoms with Crippen molar-refractivity contribution in [2.45, 2.75) is 19.7 Å². The molecule has 0 spiro atoms. The number of para-hydroxylation sites is 1. The fourth-order valence-corrected chi connectivity index (χ4v) is 3.03. The number of hydrogen-bond acceptors (Lipinski definition) is 2. The SMILES string of the molecule is [2H]C([2H])([2H])C([2H])(C)c1c([N+]#[C-])ccc2c1oc1c(-c3ccccn3)cccc12. The first-order valence-electron chi connectivity index (χ1n) is 9.53. The standard InChI is InChI=1S/C21H16N2O/c1-13(2)19-18(22-3)11-10-15-14-7-6-8-16(20(14)24-21(15)19)17-9-4-5-12-23-17/h4-13H,1-2H3/i1D3,13D. The average molecular weight is 316 g/mol. The van der Waals surface area contributed by atoms with Crippen LogP contribution < -0.4 is 0 Å². The number of fused-ring (bicyclic) bond motifs is 3. The van der Waals surface area contributed by atoms with Gasteiger partial charge in [-0.2, -0.15) is 0 Å². The van der Waals surface area contributed by atoms with E-state index in [4.69, 9.17) is 16.5 Å². The topological polar surface area (TPSA) is 30.4 Å². The molecule has 4 rings (SSSR count). The average Bonchev–Trinajstić information content (AvgIpc) is 3.05. The Morgan fingerprint density at radius 1 is 1.12 bits per heavy atom. The molecular weight excluding hydrogens is 296 g/mol. The van der Waals surface area contributed by atoms with Crippen molar-refractivity contribution in [3.8, 4) is 11.3 Å². The largest absolute Gasteiger partial charge is 0.456 e. The molecule has 0 saturated carbocycles. The quantitative estimate of drug-likeness (QED) is 0.405. The summed E-state index contributed by atoms with van der Waals surface area (Å²) in [5.41, 5.74) is 2.51. The van der Waals surface area contributed by atoms with Gasteiger partial charge < -0.3 is 4.42 Å². The molecule has 24 heavy (non-hydrogen) atoms. The third kappa shape index (κ3) is 2.08. The first kappa shape index (κ1) is 10.6. The van der Waals surface area contributed by atoms with Crippen LogP contribution in [0.5, 0.6) is 0 Å². The molecule has 116 valence electrons. The summed E-state index contributed by atoms with van der Waals surface area (Å²) in [6.45, 7) is 6.14. The van der Waals surface area contributed by atoms with Crippen molar-refractivity contribution in [3.63, 3.8) is 0 Å².